The number of ether oxygens (including phenoxy) is 3. The summed E-state index contributed by atoms with van der Waals surface area (Å²) in [4.78, 5) is 35.5. The van der Waals surface area contributed by atoms with Crippen LogP contribution < -0.4 is 0 Å². The molecule has 1 amide bonds. The summed E-state index contributed by atoms with van der Waals surface area (Å²) >= 11 is 0. The molecule has 0 heterocycles. The normalized spacial score (nSPS) is 14.1. The molecule has 3 unspecified atom stereocenters. The van der Waals surface area contributed by atoms with Crippen molar-refractivity contribution in [2.45, 2.75) is 32.6 Å². The molecule has 0 aliphatic heterocycles. The monoisotopic (exact) mass is 398 g/mol. The van der Waals surface area contributed by atoms with Gasteiger partial charge < -0.3 is 24.2 Å². The number of carbonyl (C=O) groups is 2. The number of carboxylic acid groups (broad SMARTS) is 1. The third-order valence-electron chi connectivity index (χ3n) is 4.27. The molecular formula is C18H26N2O8. The van der Waals surface area contributed by atoms with Gasteiger partial charge in [-0.05, 0) is 25.5 Å². The lowest BCUT2D eigenvalue weighted by Crippen LogP contribution is -2.42. The van der Waals surface area contributed by atoms with Gasteiger partial charge in [-0.2, -0.15) is 0 Å². The molecule has 10 heteroatoms. The molecule has 0 bridgehead atoms. The van der Waals surface area contributed by atoms with Gasteiger partial charge in [0.15, 0.2) is 6.29 Å². The van der Waals surface area contributed by atoms with Crippen molar-refractivity contribution in [3.8, 4) is 0 Å². The van der Waals surface area contributed by atoms with E-state index in [2.05, 4.69) is 0 Å². The maximum Gasteiger partial charge on any atom is 0.306 e. The SMILES string of the molecule is COC(C)OCOCC(CC(C)C(=O)O)N(C)C(=O)c1ccc([N+](=O)[O-])cc1. The zero-order chi connectivity index (χ0) is 21.3. The summed E-state index contributed by atoms with van der Waals surface area (Å²) in [7, 11) is 3.02. The fourth-order valence-corrected chi connectivity index (χ4v) is 2.34. The Bertz CT molecular complexity index is 664. The lowest BCUT2D eigenvalue weighted by molar-refractivity contribution is -0.384. The molecule has 0 aliphatic carbocycles. The molecule has 156 valence electrons. The fraction of sp³-hybridized carbons (Fsp3) is 0.556. The number of non-ortho nitro benzene ring substituents is 1. The van der Waals surface area contributed by atoms with Crippen molar-refractivity contribution in [3.63, 3.8) is 0 Å². The van der Waals surface area contributed by atoms with E-state index >= 15 is 0 Å². The predicted octanol–water partition coefficient (Wildman–Crippen LogP) is 2.13. The molecule has 0 radical (unpaired) electrons. The van der Waals surface area contributed by atoms with Crippen LogP contribution in [0.4, 0.5) is 5.69 Å². The van der Waals surface area contributed by atoms with E-state index in [1.807, 2.05) is 0 Å². The molecule has 28 heavy (non-hydrogen) atoms. The highest BCUT2D eigenvalue weighted by molar-refractivity contribution is 5.94. The Morgan fingerprint density at radius 1 is 1.25 bits per heavy atom. The average molecular weight is 398 g/mol. The number of amides is 1. The number of benzene rings is 1. The summed E-state index contributed by atoms with van der Waals surface area (Å²) < 4.78 is 15.6. The first kappa shape index (κ1) is 23.5. The smallest absolute Gasteiger partial charge is 0.306 e. The van der Waals surface area contributed by atoms with Gasteiger partial charge in [0.1, 0.15) is 6.79 Å². The summed E-state index contributed by atoms with van der Waals surface area (Å²) in [5, 5.41) is 19.9. The number of methoxy groups -OCH3 is 1. The molecule has 1 aromatic rings. The number of carbonyl (C=O) groups excluding carboxylic acids is 1. The highest BCUT2D eigenvalue weighted by atomic mass is 16.7. The van der Waals surface area contributed by atoms with Crippen molar-refractivity contribution in [1.29, 1.82) is 0 Å². The summed E-state index contributed by atoms with van der Waals surface area (Å²) in [6.07, 6.45) is -0.291. The number of hydrogen-bond acceptors (Lipinski definition) is 7. The molecule has 0 spiro atoms. The van der Waals surface area contributed by atoms with Crippen LogP contribution in [0.1, 0.15) is 30.6 Å². The van der Waals surface area contributed by atoms with Gasteiger partial charge in [0, 0.05) is 31.9 Å². The second-order valence-corrected chi connectivity index (χ2v) is 6.31. The number of nitrogens with zero attached hydrogens (tertiary/aromatic N) is 2. The van der Waals surface area contributed by atoms with Crippen molar-refractivity contribution < 1.29 is 33.8 Å². The number of nitro groups is 1. The van der Waals surface area contributed by atoms with E-state index in [-0.39, 0.29) is 31.1 Å². The molecule has 1 rings (SSSR count). The van der Waals surface area contributed by atoms with Gasteiger partial charge in [-0.15, -0.1) is 0 Å². The topological polar surface area (TPSA) is 128 Å². The van der Waals surface area contributed by atoms with Crippen molar-refractivity contribution >= 4 is 17.6 Å². The van der Waals surface area contributed by atoms with Gasteiger partial charge in [0.2, 0.25) is 0 Å². The average Bonchev–Trinajstić information content (AvgIpc) is 2.68. The van der Waals surface area contributed by atoms with Crippen molar-refractivity contribution in [2.75, 3.05) is 27.6 Å². The van der Waals surface area contributed by atoms with E-state index < -0.39 is 35.0 Å². The minimum Gasteiger partial charge on any atom is -0.481 e. The van der Waals surface area contributed by atoms with E-state index in [4.69, 9.17) is 14.2 Å². The van der Waals surface area contributed by atoms with Gasteiger partial charge in [-0.1, -0.05) is 6.92 Å². The molecule has 0 saturated carbocycles. The predicted molar refractivity (Wildman–Crippen MR) is 98.8 cm³/mol. The largest absolute Gasteiger partial charge is 0.481 e. The van der Waals surface area contributed by atoms with E-state index in [9.17, 15) is 24.8 Å². The minimum absolute atomic E-state index is 0.0588. The van der Waals surface area contributed by atoms with Gasteiger partial charge >= 0.3 is 5.97 Å². The molecule has 1 aromatic carbocycles. The van der Waals surface area contributed by atoms with Gasteiger partial charge in [0.25, 0.3) is 11.6 Å². The Kier molecular flexibility index (Phi) is 9.49. The standard InChI is InChI=1S/C18H26N2O8/c1-12(18(22)23)9-16(10-27-11-28-13(2)26-4)19(3)17(21)14-5-7-15(8-6-14)20(24)25/h5-8,12-13,16H,9-11H2,1-4H3,(H,22,23). The first-order valence-electron chi connectivity index (χ1n) is 8.63. The number of aliphatic carboxylic acids is 1. The maximum absolute atomic E-state index is 12.7. The summed E-state index contributed by atoms with van der Waals surface area (Å²) in [5.74, 6) is -2.07. The van der Waals surface area contributed by atoms with Crippen LogP contribution in [-0.4, -0.2) is 66.7 Å². The van der Waals surface area contributed by atoms with Crippen LogP contribution in [0.15, 0.2) is 24.3 Å². The molecule has 1 N–H and O–H groups in total. The third-order valence-corrected chi connectivity index (χ3v) is 4.27. The van der Waals surface area contributed by atoms with E-state index in [0.29, 0.717) is 0 Å². The second-order valence-electron chi connectivity index (χ2n) is 6.31. The van der Waals surface area contributed by atoms with E-state index in [1.54, 1.807) is 13.8 Å². The van der Waals surface area contributed by atoms with Crippen LogP contribution in [0.3, 0.4) is 0 Å². The third kappa shape index (κ3) is 7.22. The summed E-state index contributed by atoms with van der Waals surface area (Å²) in [6, 6.07) is 4.67. The van der Waals surface area contributed by atoms with E-state index in [1.165, 1.54) is 43.3 Å². The zero-order valence-corrected chi connectivity index (χ0v) is 16.4. The van der Waals surface area contributed by atoms with Gasteiger partial charge in [-0.25, -0.2) is 0 Å². The number of hydrogen-bond donors (Lipinski definition) is 1. The Morgan fingerprint density at radius 2 is 1.86 bits per heavy atom. The first-order chi connectivity index (χ1) is 13.2. The molecular weight excluding hydrogens is 372 g/mol. The van der Waals surface area contributed by atoms with Crippen LogP contribution in [-0.2, 0) is 19.0 Å². The zero-order valence-electron chi connectivity index (χ0n) is 16.4. The quantitative estimate of drug-likeness (QED) is 0.245. The first-order valence-corrected chi connectivity index (χ1v) is 8.63. The van der Waals surface area contributed by atoms with Crippen molar-refractivity contribution in [1.82, 2.24) is 4.90 Å². The highest BCUT2D eigenvalue weighted by Gasteiger charge is 2.26. The lowest BCUT2D eigenvalue weighted by Gasteiger charge is -2.29. The number of nitro benzene ring substituents is 1. The molecule has 0 fully saturated rings. The highest BCUT2D eigenvalue weighted by Crippen LogP contribution is 2.17. The summed E-state index contributed by atoms with van der Waals surface area (Å²) in [5.41, 5.74) is 0.133. The van der Waals surface area contributed by atoms with Crippen molar-refractivity contribution in [2.24, 2.45) is 5.92 Å². The summed E-state index contributed by atoms with van der Waals surface area (Å²) in [6.45, 7) is 3.22. The molecule has 0 aliphatic rings. The Hall–Kier alpha value is -2.56. The number of carboxylic acids is 1. The second kappa shape index (κ2) is 11.3. The van der Waals surface area contributed by atoms with Crippen LogP contribution in [0.2, 0.25) is 0 Å². The minimum atomic E-state index is -0.981. The maximum atomic E-state index is 12.7. The molecule has 0 saturated heterocycles. The van der Waals surface area contributed by atoms with Crippen LogP contribution in [0, 0.1) is 16.0 Å². The van der Waals surface area contributed by atoms with Crippen LogP contribution in [0.5, 0.6) is 0 Å². The Labute approximate surface area is 163 Å². The van der Waals surface area contributed by atoms with Crippen molar-refractivity contribution in [3.05, 3.63) is 39.9 Å². The Balaban J connectivity index is 2.82. The molecule has 3 atom stereocenters. The molecule has 10 nitrogen and oxygen atoms in total. The van der Waals surface area contributed by atoms with Gasteiger partial charge in [-0.3, -0.25) is 19.7 Å². The molecule has 0 aromatic heterocycles. The fourth-order valence-electron chi connectivity index (χ4n) is 2.34. The van der Waals surface area contributed by atoms with Gasteiger partial charge in [0.05, 0.1) is 23.5 Å². The van der Waals surface area contributed by atoms with Crippen LogP contribution >= 0.6 is 0 Å². The lowest BCUT2D eigenvalue weighted by atomic mass is 10.0. The van der Waals surface area contributed by atoms with Crippen LogP contribution in [0.25, 0.3) is 0 Å². The number of likely N-dealkylation sites (N-methyl/N-ethyl adjacent to an activating group) is 1. The van der Waals surface area contributed by atoms with E-state index in [0.717, 1.165) is 0 Å². The Morgan fingerprint density at radius 3 is 2.36 bits per heavy atom. The number of rotatable bonds is 12.